The maximum atomic E-state index is 13.2. The Kier molecular flexibility index (Phi) is 6.34. The summed E-state index contributed by atoms with van der Waals surface area (Å²) in [6, 6.07) is 9.87. The van der Waals surface area contributed by atoms with E-state index in [0.29, 0.717) is 30.2 Å². The van der Waals surface area contributed by atoms with Crippen molar-refractivity contribution in [3.05, 3.63) is 42.0 Å². The van der Waals surface area contributed by atoms with E-state index in [0.717, 1.165) is 24.1 Å². The Hall–Kier alpha value is -3.07. The van der Waals surface area contributed by atoms with Crippen molar-refractivity contribution in [2.75, 3.05) is 31.0 Å². The first kappa shape index (κ1) is 23.1. The summed E-state index contributed by atoms with van der Waals surface area (Å²) in [5.41, 5.74) is 2.05. The number of nitrogens with zero attached hydrogens (tertiary/aromatic N) is 1. The summed E-state index contributed by atoms with van der Waals surface area (Å²) in [6.45, 7) is 2.10. The summed E-state index contributed by atoms with van der Waals surface area (Å²) in [7, 11) is -0.741. The predicted molar refractivity (Wildman–Crippen MR) is 125 cm³/mol. The minimum atomic E-state index is -3.74. The fraction of sp³-hybridized carbons (Fsp3) is 0.417. The van der Waals surface area contributed by atoms with Gasteiger partial charge in [-0.1, -0.05) is 0 Å². The van der Waals surface area contributed by atoms with Crippen molar-refractivity contribution in [3.63, 3.8) is 0 Å². The lowest BCUT2D eigenvalue weighted by atomic mass is 10.2. The van der Waals surface area contributed by atoms with Crippen molar-refractivity contribution < 1.29 is 27.5 Å². The molecule has 9 heteroatoms. The first-order valence-electron chi connectivity index (χ1n) is 10.9. The molecule has 1 aliphatic carbocycles. The van der Waals surface area contributed by atoms with Crippen molar-refractivity contribution in [2.24, 2.45) is 5.92 Å². The Balaban J connectivity index is 1.47. The van der Waals surface area contributed by atoms with Gasteiger partial charge in [-0.25, -0.2) is 8.42 Å². The van der Waals surface area contributed by atoms with Crippen LogP contribution in [0.15, 0.2) is 41.3 Å². The van der Waals surface area contributed by atoms with Gasteiger partial charge in [0.15, 0.2) is 9.84 Å². The molecule has 0 bridgehead atoms. The minimum Gasteiger partial charge on any atom is -0.497 e. The van der Waals surface area contributed by atoms with Crippen LogP contribution in [0.2, 0.25) is 0 Å². The molecule has 8 nitrogen and oxygen atoms in total. The highest BCUT2D eigenvalue weighted by Gasteiger charge is 2.37. The van der Waals surface area contributed by atoms with Crippen LogP contribution in [-0.4, -0.2) is 46.2 Å². The van der Waals surface area contributed by atoms with Crippen molar-refractivity contribution in [3.8, 4) is 11.5 Å². The van der Waals surface area contributed by atoms with E-state index in [9.17, 15) is 18.0 Å². The maximum Gasteiger partial charge on any atom is 0.230 e. The monoisotopic (exact) mass is 472 g/mol. The molecular weight excluding hydrogens is 444 g/mol. The number of hydrogen-bond donors (Lipinski definition) is 1. The number of ether oxygens (including phenoxy) is 2. The third kappa shape index (κ3) is 4.68. The molecule has 0 aromatic heterocycles. The van der Waals surface area contributed by atoms with Crippen LogP contribution in [0.1, 0.15) is 31.7 Å². The van der Waals surface area contributed by atoms with Crippen LogP contribution >= 0.6 is 0 Å². The van der Waals surface area contributed by atoms with Crippen LogP contribution in [0, 0.1) is 5.92 Å². The third-order valence-corrected chi connectivity index (χ3v) is 8.29. The van der Waals surface area contributed by atoms with Gasteiger partial charge in [0, 0.05) is 30.6 Å². The number of hydrogen-bond acceptors (Lipinski definition) is 6. The van der Waals surface area contributed by atoms with Crippen LogP contribution in [0.5, 0.6) is 11.5 Å². The summed E-state index contributed by atoms with van der Waals surface area (Å²) < 4.78 is 36.8. The zero-order chi connectivity index (χ0) is 23.8. The first-order chi connectivity index (χ1) is 15.7. The molecule has 2 amide bonds. The SMILES string of the molecule is COc1ccc(OC)c(NC(=O)C[C@@H](C)S(=O)(=O)c2ccc3c(c2)CCN3C(=O)C2CC2)c1. The summed E-state index contributed by atoms with van der Waals surface area (Å²) >= 11 is 0. The van der Waals surface area contributed by atoms with Gasteiger partial charge in [0.25, 0.3) is 0 Å². The van der Waals surface area contributed by atoms with Gasteiger partial charge in [-0.15, -0.1) is 0 Å². The van der Waals surface area contributed by atoms with Crippen molar-refractivity contribution >= 4 is 33.0 Å². The Morgan fingerprint density at radius 3 is 2.55 bits per heavy atom. The number of carbonyl (C=O) groups excluding carboxylic acids is 2. The Morgan fingerprint density at radius 1 is 1.12 bits per heavy atom. The number of nitrogens with one attached hydrogen (secondary N) is 1. The lowest BCUT2D eigenvalue weighted by Crippen LogP contribution is -2.30. The number of benzene rings is 2. The molecule has 1 atom stereocenters. The van der Waals surface area contributed by atoms with Gasteiger partial charge >= 0.3 is 0 Å². The van der Waals surface area contributed by atoms with E-state index in [1.807, 2.05) is 0 Å². The zero-order valence-corrected chi connectivity index (χ0v) is 19.8. The summed E-state index contributed by atoms with van der Waals surface area (Å²) in [5.74, 6) is 0.783. The van der Waals surface area contributed by atoms with E-state index >= 15 is 0 Å². The highest BCUT2D eigenvalue weighted by molar-refractivity contribution is 7.92. The van der Waals surface area contributed by atoms with Crippen LogP contribution in [0.4, 0.5) is 11.4 Å². The maximum absolute atomic E-state index is 13.2. The third-order valence-electron chi connectivity index (χ3n) is 6.15. The molecule has 1 N–H and O–H groups in total. The molecule has 0 unspecified atom stereocenters. The summed E-state index contributed by atoms with van der Waals surface area (Å²) in [4.78, 5) is 27.0. The van der Waals surface area contributed by atoms with E-state index in [1.165, 1.54) is 27.2 Å². The molecule has 0 spiro atoms. The second kappa shape index (κ2) is 9.05. The second-order valence-electron chi connectivity index (χ2n) is 8.48. The average Bonchev–Trinajstić information content (AvgIpc) is 3.57. The lowest BCUT2D eigenvalue weighted by molar-refractivity contribution is -0.119. The van der Waals surface area contributed by atoms with Gasteiger partial charge in [0.2, 0.25) is 11.8 Å². The molecule has 33 heavy (non-hydrogen) atoms. The minimum absolute atomic E-state index is 0.112. The highest BCUT2D eigenvalue weighted by atomic mass is 32.2. The van der Waals surface area contributed by atoms with Crippen molar-refractivity contribution in [2.45, 2.75) is 42.8 Å². The number of rotatable bonds is 8. The molecule has 1 fully saturated rings. The topological polar surface area (TPSA) is 102 Å². The molecule has 4 rings (SSSR count). The molecule has 1 heterocycles. The first-order valence-corrected chi connectivity index (χ1v) is 12.5. The second-order valence-corrected chi connectivity index (χ2v) is 10.8. The zero-order valence-electron chi connectivity index (χ0n) is 19.0. The van der Waals surface area contributed by atoms with Crippen LogP contribution in [0.25, 0.3) is 0 Å². The highest BCUT2D eigenvalue weighted by Crippen LogP contribution is 2.37. The lowest BCUT2D eigenvalue weighted by Gasteiger charge is -2.18. The van der Waals surface area contributed by atoms with Gasteiger partial charge in [-0.2, -0.15) is 0 Å². The van der Waals surface area contributed by atoms with E-state index < -0.39 is 21.0 Å². The van der Waals surface area contributed by atoms with E-state index in [4.69, 9.17) is 9.47 Å². The van der Waals surface area contributed by atoms with E-state index in [1.54, 1.807) is 35.2 Å². The molecule has 0 saturated heterocycles. The van der Waals surface area contributed by atoms with E-state index in [2.05, 4.69) is 5.32 Å². The fourth-order valence-electron chi connectivity index (χ4n) is 4.05. The van der Waals surface area contributed by atoms with Crippen LogP contribution < -0.4 is 19.7 Å². The molecule has 0 radical (unpaired) electrons. The van der Waals surface area contributed by atoms with Crippen molar-refractivity contribution in [1.29, 1.82) is 0 Å². The summed E-state index contributed by atoms with van der Waals surface area (Å²) in [6.07, 6.45) is 2.27. The molecular formula is C24H28N2O6S. The van der Waals surface area contributed by atoms with Crippen molar-refractivity contribution in [1.82, 2.24) is 0 Å². The molecule has 2 aromatic rings. The predicted octanol–water partition coefficient (Wildman–Crippen LogP) is 3.19. The Labute approximate surface area is 193 Å². The number of carbonyl (C=O) groups is 2. The molecule has 1 aliphatic heterocycles. The standard InChI is InChI=1S/C24H28N2O6S/c1-15(12-23(27)25-20-14-18(31-2)6-9-22(20)32-3)33(29,30)19-7-8-21-17(13-19)10-11-26(21)24(28)16-4-5-16/h6-9,13-16H,4-5,10-12H2,1-3H3,(H,25,27)/t15-/m1/s1. The van der Waals surface area contributed by atoms with E-state index in [-0.39, 0.29) is 23.1 Å². The van der Waals surface area contributed by atoms with Crippen LogP contribution in [0.3, 0.4) is 0 Å². The number of fused-ring (bicyclic) bond motifs is 1. The Morgan fingerprint density at radius 2 is 1.88 bits per heavy atom. The van der Waals surface area contributed by atoms with Crippen LogP contribution in [-0.2, 0) is 25.8 Å². The van der Waals surface area contributed by atoms with Gasteiger partial charge in [-0.05, 0) is 62.1 Å². The molecule has 1 saturated carbocycles. The van der Waals surface area contributed by atoms with Gasteiger partial charge < -0.3 is 19.7 Å². The number of methoxy groups -OCH3 is 2. The largest absolute Gasteiger partial charge is 0.497 e. The quantitative estimate of drug-likeness (QED) is 0.633. The number of sulfone groups is 1. The van der Waals surface area contributed by atoms with Gasteiger partial charge in [0.1, 0.15) is 11.5 Å². The fourth-order valence-corrected chi connectivity index (χ4v) is 5.45. The number of anilines is 2. The average molecular weight is 473 g/mol. The molecule has 2 aliphatic rings. The Bertz CT molecular complexity index is 1190. The smallest absolute Gasteiger partial charge is 0.230 e. The summed E-state index contributed by atoms with van der Waals surface area (Å²) in [5, 5.41) is 1.78. The number of amides is 2. The van der Waals surface area contributed by atoms with Gasteiger partial charge in [0.05, 0.1) is 30.1 Å². The molecule has 176 valence electrons. The normalized spacial score (nSPS) is 16.2. The molecule has 2 aromatic carbocycles. The van der Waals surface area contributed by atoms with Gasteiger partial charge in [-0.3, -0.25) is 9.59 Å².